The zero-order valence-corrected chi connectivity index (χ0v) is 16.9. The van der Waals surface area contributed by atoms with Crippen molar-refractivity contribution in [2.75, 3.05) is 12.4 Å². The smallest absolute Gasteiger partial charge is 0.248 e. The highest BCUT2D eigenvalue weighted by atomic mass is 16.5. The second kappa shape index (κ2) is 7.63. The van der Waals surface area contributed by atoms with E-state index in [2.05, 4.69) is 10.3 Å². The molecule has 6 nitrogen and oxygen atoms in total. The van der Waals surface area contributed by atoms with E-state index in [1.165, 1.54) is 0 Å². The van der Waals surface area contributed by atoms with E-state index in [1.54, 1.807) is 31.4 Å². The van der Waals surface area contributed by atoms with Crippen LogP contribution in [0.25, 0.3) is 11.3 Å². The number of hydrogen-bond acceptors (Lipinski definition) is 4. The molecule has 1 aliphatic rings. The van der Waals surface area contributed by atoms with Crippen molar-refractivity contribution in [1.82, 2.24) is 4.98 Å². The number of pyridine rings is 1. The van der Waals surface area contributed by atoms with Gasteiger partial charge in [-0.25, -0.2) is 4.98 Å². The van der Waals surface area contributed by atoms with Crippen LogP contribution in [0.15, 0.2) is 60.7 Å². The van der Waals surface area contributed by atoms with Gasteiger partial charge in [-0.1, -0.05) is 30.3 Å². The van der Waals surface area contributed by atoms with E-state index in [0.717, 1.165) is 35.3 Å². The fourth-order valence-electron chi connectivity index (χ4n) is 3.63. The van der Waals surface area contributed by atoms with Crippen LogP contribution >= 0.6 is 0 Å². The molecular weight excluding hydrogens is 378 g/mol. The van der Waals surface area contributed by atoms with Gasteiger partial charge >= 0.3 is 0 Å². The third kappa shape index (κ3) is 3.64. The maximum atomic E-state index is 13.1. The van der Waals surface area contributed by atoms with Crippen LogP contribution in [0.2, 0.25) is 0 Å². The van der Waals surface area contributed by atoms with Gasteiger partial charge in [0.1, 0.15) is 11.6 Å². The van der Waals surface area contributed by atoms with Crippen molar-refractivity contribution >= 4 is 17.6 Å². The van der Waals surface area contributed by atoms with Crippen LogP contribution < -0.4 is 15.8 Å². The molecule has 1 heterocycles. The quantitative estimate of drug-likeness (QED) is 0.656. The highest BCUT2D eigenvalue weighted by Crippen LogP contribution is 2.49. The molecule has 0 saturated heterocycles. The average molecular weight is 401 g/mol. The largest absolute Gasteiger partial charge is 0.497 e. The Kier molecular flexibility index (Phi) is 4.99. The van der Waals surface area contributed by atoms with E-state index >= 15 is 0 Å². The van der Waals surface area contributed by atoms with Crippen LogP contribution in [0.4, 0.5) is 5.82 Å². The number of carbonyl (C=O) groups excluding carboxylic acids is 2. The zero-order chi connectivity index (χ0) is 21.3. The molecule has 0 unspecified atom stereocenters. The molecule has 1 fully saturated rings. The highest BCUT2D eigenvalue weighted by Gasteiger charge is 2.51. The number of aryl methyl sites for hydroxylation is 1. The van der Waals surface area contributed by atoms with Gasteiger partial charge in [0.15, 0.2) is 0 Å². The molecule has 0 radical (unpaired) electrons. The van der Waals surface area contributed by atoms with Gasteiger partial charge in [0.25, 0.3) is 0 Å². The molecule has 152 valence electrons. The number of nitrogens with zero attached hydrogens (tertiary/aromatic N) is 1. The van der Waals surface area contributed by atoms with E-state index in [1.807, 2.05) is 43.3 Å². The van der Waals surface area contributed by atoms with Gasteiger partial charge in [-0.15, -0.1) is 0 Å². The van der Waals surface area contributed by atoms with Gasteiger partial charge in [0, 0.05) is 11.1 Å². The fourth-order valence-corrected chi connectivity index (χ4v) is 3.63. The lowest BCUT2D eigenvalue weighted by Gasteiger charge is -2.17. The summed E-state index contributed by atoms with van der Waals surface area (Å²) in [5.41, 5.74) is 8.68. The summed E-state index contributed by atoms with van der Waals surface area (Å²) >= 11 is 0. The number of carbonyl (C=O) groups is 2. The number of amides is 2. The van der Waals surface area contributed by atoms with Crippen molar-refractivity contribution in [3.8, 4) is 17.0 Å². The maximum Gasteiger partial charge on any atom is 0.248 e. The minimum Gasteiger partial charge on any atom is -0.497 e. The standard InChI is InChI=1S/C24H23N3O3/c1-15-6-11-20(26-21(15)16-4-3-5-17(14-16)22(25)28)27-23(29)24(12-13-24)18-7-9-19(30-2)10-8-18/h3-11,14H,12-13H2,1-2H3,(H2,25,28)(H,26,27,29). The first-order valence-electron chi connectivity index (χ1n) is 9.77. The first-order valence-corrected chi connectivity index (χ1v) is 9.77. The maximum absolute atomic E-state index is 13.1. The second-order valence-electron chi connectivity index (χ2n) is 7.57. The number of primary amides is 1. The van der Waals surface area contributed by atoms with Gasteiger partial charge in [-0.3, -0.25) is 9.59 Å². The minimum absolute atomic E-state index is 0.0687. The predicted octanol–water partition coefficient (Wildman–Crippen LogP) is 3.83. The van der Waals surface area contributed by atoms with Crippen LogP contribution in [-0.4, -0.2) is 23.9 Å². The van der Waals surface area contributed by atoms with Gasteiger partial charge < -0.3 is 15.8 Å². The molecule has 4 rings (SSSR count). The van der Waals surface area contributed by atoms with Gasteiger partial charge in [-0.2, -0.15) is 0 Å². The van der Waals surface area contributed by atoms with Crippen LogP contribution in [-0.2, 0) is 10.2 Å². The molecular formula is C24H23N3O3. The van der Waals surface area contributed by atoms with Crippen molar-refractivity contribution in [2.45, 2.75) is 25.2 Å². The highest BCUT2D eigenvalue weighted by molar-refractivity contribution is 6.01. The van der Waals surface area contributed by atoms with Gasteiger partial charge in [-0.05, 0) is 61.2 Å². The molecule has 0 spiro atoms. The topological polar surface area (TPSA) is 94.3 Å². The monoisotopic (exact) mass is 401 g/mol. The number of nitrogens with one attached hydrogen (secondary N) is 1. The molecule has 1 saturated carbocycles. The Hall–Kier alpha value is -3.67. The van der Waals surface area contributed by atoms with Crippen LogP contribution in [0.5, 0.6) is 5.75 Å². The number of benzene rings is 2. The Balaban J connectivity index is 1.59. The van der Waals surface area contributed by atoms with Gasteiger partial charge in [0.2, 0.25) is 11.8 Å². The lowest BCUT2D eigenvalue weighted by atomic mass is 9.95. The Labute approximate surface area is 175 Å². The Morgan fingerprint density at radius 2 is 1.80 bits per heavy atom. The number of nitrogens with two attached hydrogens (primary N) is 1. The number of rotatable bonds is 6. The average Bonchev–Trinajstić information content (AvgIpc) is 3.57. The fraction of sp³-hybridized carbons (Fsp3) is 0.208. The van der Waals surface area contributed by atoms with Crippen molar-refractivity contribution in [1.29, 1.82) is 0 Å². The van der Waals surface area contributed by atoms with E-state index in [4.69, 9.17) is 10.5 Å². The molecule has 2 aromatic carbocycles. The number of ether oxygens (including phenoxy) is 1. The summed E-state index contributed by atoms with van der Waals surface area (Å²) < 4.78 is 5.21. The van der Waals surface area contributed by atoms with E-state index in [0.29, 0.717) is 17.1 Å². The summed E-state index contributed by atoms with van der Waals surface area (Å²) in [6, 6.07) is 18.3. The normalized spacial score (nSPS) is 14.1. The summed E-state index contributed by atoms with van der Waals surface area (Å²) in [4.78, 5) is 29.2. The van der Waals surface area contributed by atoms with Crippen molar-refractivity contribution in [3.63, 3.8) is 0 Å². The zero-order valence-electron chi connectivity index (χ0n) is 16.9. The number of methoxy groups -OCH3 is 1. The summed E-state index contributed by atoms with van der Waals surface area (Å²) in [5, 5.41) is 2.97. The molecule has 30 heavy (non-hydrogen) atoms. The van der Waals surface area contributed by atoms with Crippen molar-refractivity contribution in [2.24, 2.45) is 5.73 Å². The molecule has 1 aromatic heterocycles. The summed E-state index contributed by atoms with van der Waals surface area (Å²) in [6.45, 7) is 1.94. The van der Waals surface area contributed by atoms with Crippen molar-refractivity contribution in [3.05, 3.63) is 77.4 Å². The molecule has 6 heteroatoms. The van der Waals surface area contributed by atoms with Gasteiger partial charge in [0.05, 0.1) is 18.2 Å². The number of anilines is 1. The lowest BCUT2D eigenvalue weighted by Crippen LogP contribution is -2.28. The molecule has 0 atom stereocenters. The first kappa shape index (κ1) is 19.6. The van der Waals surface area contributed by atoms with E-state index in [9.17, 15) is 9.59 Å². The van der Waals surface area contributed by atoms with Crippen LogP contribution in [0.3, 0.4) is 0 Å². The minimum atomic E-state index is -0.523. The molecule has 3 aromatic rings. The third-order valence-electron chi connectivity index (χ3n) is 5.59. The number of hydrogen-bond donors (Lipinski definition) is 2. The predicted molar refractivity (Wildman–Crippen MR) is 115 cm³/mol. The second-order valence-corrected chi connectivity index (χ2v) is 7.57. The summed E-state index contributed by atoms with van der Waals surface area (Å²) in [6.07, 6.45) is 1.59. The van der Waals surface area contributed by atoms with Crippen LogP contribution in [0.1, 0.15) is 34.3 Å². The lowest BCUT2D eigenvalue weighted by molar-refractivity contribution is -0.118. The summed E-state index contributed by atoms with van der Waals surface area (Å²) in [5.74, 6) is 0.679. The molecule has 0 aliphatic heterocycles. The SMILES string of the molecule is COc1ccc(C2(C(=O)Nc3ccc(C)c(-c4cccc(C(N)=O)c4)n3)CC2)cc1. The Morgan fingerprint density at radius 3 is 2.43 bits per heavy atom. The Bertz CT molecular complexity index is 1120. The van der Waals surface area contributed by atoms with E-state index < -0.39 is 11.3 Å². The Morgan fingerprint density at radius 1 is 1.07 bits per heavy atom. The van der Waals surface area contributed by atoms with Crippen LogP contribution in [0, 0.1) is 6.92 Å². The number of aromatic nitrogens is 1. The third-order valence-corrected chi connectivity index (χ3v) is 5.59. The molecule has 1 aliphatic carbocycles. The molecule has 2 amide bonds. The first-order chi connectivity index (χ1) is 14.4. The van der Waals surface area contributed by atoms with Crippen molar-refractivity contribution < 1.29 is 14.3 Å². The van der Waals surface area contributed by atoms with E-state index in [-0.39, 0.29) is 5.91 Å². The molecule has 0 bridgehead atoms. The molecule has 3 N–H and O–H groups in total. The summed E-state index contributed by atoms with van der Waals surface area (Å²) in [7, 11) is 1.62.